The summed E-state index contributed by atoms with van der Waals surface area (Å²) in [4.78, 5) is 16.4. The molecule has 5 heteroatoms. The van der Waals surface area contributed by atoms with Gasteiger partial charge in [0.1, 0.15) is 5.75 Å². The second-order valence-corrected chi connectivity index (χ2v) is 9.03. The number of nitrogens with one attached hydrogen (secondary N) is 1. The highest BCUT2D eigenvalue weighted by Crippen LogP contribution is 2.25. The molecule has 0 unspecified atom stereocenters. The third-order valence-electron chi connectivity index (χ3n) is 6.03. The highest BCUT2D eigenvalue weighted by molar-refractivity contribution is 7.98. The molecule has 32 heavy (non-hydrogen) atoms. The molecular weight excluding hydrogens is 416 g/mol. The minimum atomic E-state index is -0.0545. The van der Waals surface area contributed by atoms with E-state index in [-0.39, 0.29) is 11.9 Å². The van der Waals surface area contributed by atoms with Gasteiger partial charge in [0.05, 0.1) is 12.7 Å². The Hall–Kier alpha value is -2.76. The minimum Gasteiger partial charge on any atom is -0.496 e. The van der Waals surface area contributed by atoms with Gasteiger partial charge in [0.2, 0.25) is 0 Å². The van der Waals surface area contributed by atoms with Crippen molar-refractivity contribution in [1.29, 1.82) is 0 Å². The predicted octanol–water partition coefficient (Wildman–Crippen LogP) is 5.48. The second kappa shape index (κ2) is 10.7. The maximum atomic E-state index is 12.7. The Balaban J connectivity index is 1.32. The summed E-state index contributed by atoms with van der Waals surface area (Å²) in [5.74, 6) is 0.562. The van der Waals surface area contributed by atoms with Crippen LogP contribution in [0.4, 0.5) is 0 Å². The first-order valence-corrected chi connectivity index (χ1v) is 12.3. The Kier molecular flexibility index (Phi) is 7.51. The number of methoxy groups -OCH3 is 1. The van der Waals surface area contributed by atoms with E-state index in [2.05, 4.69) is 65.0 Å². The van der Waals surface area contributed by atoms with E-state index in [4.69, 9.17) is 4.74 Å². The lowest BCUT2D eigenvalue weighted by Crippen LogP contribution is -2.44. The molecule has 1 aliphatic heterocycles. The number of amides is 1. The molecular formula is C27H30N2O2S. The molecule has 1 fully saturated rings. The summed E-state index contributed by atoms with van der Waals surface area (Å²) in [6.07, 6.45) is 4.01. The molecule has 1 amide bonds. The summed E-state index contributed by atoms with van der Waals surface area (Å²) in [6.45, 7) is 2.89. The number of hydrogen-bond acceptors (Lipinski definition) is 4. The van der Waals surface area contributed by atoms with Gasteiger partial charge in [-0.05, 0) is 66.1 Å². The zero-order valence-corrected chi connectivity index (χ0v) is 19.5. The van der Waals surface area contributed by atoms with Crippen molar-refractivity contribution >= 4 is 17.7 Å². The number of hydrogen-bond donors (Lipinski definition) is 1. The van der Waals surface area contributed by atoms with Crippen molar-refractivity contribution in [2.45, 2.75) is 30.3 Å². The van der Waals surface area contributed by atoms with Crippen molar-refractivity contribution in [2.24, 2.45) is 0 Å². The van der Waals surface area contributed by atoms with Crippen LogP contribution in [0.5, 0.6) is 5.75 Å². The van der Waals surface area contributed by atoms with Crippen LogP contribution in [0.15, 0.2) is 77.7 Å². The Morgan fingerprint density at radius 2 is 1.75 bits per heavy atom. The Bertz CT molecular complexity index is 1040. The van der Waals surface area contributed by atoms with Crippen LogP contribution in [-0.4, -0.2) is 43.3 Å². The van der Waals surface area contributed by atoms with Gasteiger partial charge < -0.3 is 10.1 Å². The molecule has 1 saturated heterocycles. The minimum absolute atomic E-state index is 0.0545. The van der Waals surface area contributed by atoms with Crippen LogP contribution >= 0.6 is 11.8 Å². The van der Waals surface area contributed by atoms with E-state index in [1.165, 1.54) is 21.6 Å². The molecule has 0 saturated carbocycles. The SMILES string of the molecule is COc1ccccc1C(=O)NC1CCN(Cc2cccc(-c3ccc(SC)cc3)c2)CC1. The molecule has 4 nitrogen and oxygen atoms in total. The number of rotatable bonds is 7. The number of piperidine rings is 1. The van der Waals surface area contributed by atoms with E-state index < -0.39 is 0 Å². The van der Waals surface area contributed by atoms with Gasteiger partial charge in [0, 0.05) is 30.6 Å². The standard InChI is InChI=1S/C27H30N2O2S/c1-31-26-9-4-3-8-25(26)27(30)28-23-14-16-29(17-15-23)19-20-6-5-7-22(18-20)21-10-12-24(32-2)13-11-21/h3-13,18,23H,14-17,19H2,1-2H3,(H,28,30). The molecule has 1 aliphatic rings. The first kappa shape index (κ1) is 22.4. The average Bonchev–Trinajstić information content (AvgIpc) is 2.85. The molecule has 0 aliphatic carbocycles. The lowest BCUT2D eigenvalue weighted by Gasteiger charge is -2.32. The highest BCUT2D eigenvalue weighted by Gasteiger charge is 2.22. The summed E-state index contributed by atoms with van der Waals surface area (Å²) in [5.41, 5.74) is 4.43. The molecule has 3 aromatic rings. The van der Waals surface area contributed by atoms with Crippen molar-refractivity contribution in [1.82, 2.24) is 10.2 Å². The number of nitrogens with zero attached hydrogens (tertiary/aromatic N) is 1. The quantitative estimate of drug-likeness (QED) is 0.488. The summed E-state index contributed by atoms with van der Waals surface area (Å²) >= 11 is 1.76. The van der Waals surface area contributed by atoms with Crippen LogP contribution in [0.25, 0.3) is 11.1 Å². The monoisotopic (exact) mass is 446 g/mol. The summed E-state index contributed by atoms with van der Waals surface area (Å²) in [7, 11) is 1.60. The first-order valence-electron chi connectivity index (χ1n) is 11.1. The molecule has 0 radical (unpaired) electrons. The van der Waals surface area contributed by atoms with Crippen LogP contribution in [0, 0.1) is 0 Å². The number of carbonyl (C=O) groups is 1. The number of likely N-dealkylation sites (tertiary alicyclic amines) is 1. The normalized spacial score (nSPS) is 14.8. The maximum Gasteiger partial charge on any atom is 0.255 e. The highest BCUT2D eigenvalue weighted by atomic mass is 32.2. The summed E-state index contributed by atoms with van der Waals surface area (Å²) in [6, 6.07) is 25.1. The van der Waals surface area contributed by atoms with Crippen LogP contribution in [-0.2, 0) is 6.54 Å². The first-order chi connectivity index (χ1) is 15.7. The average molecular weight is 447 g/mol. The van der Waals surface area contributed by atoms with Crippen LogP contribution < -0.4 is 10.1 Å². The Morgan fingerprint density at radius 3 is 2.47 bits per heavy atom. The van der Waals surface area contributed by atoms with Crippen molar-refractivity contribution in [3.63, 3.8) is 0 Å². The van der Waals surface area contributed by atoms with E-state index >= 15 is 0 Å². The van der Waals surface area contributed by atoms with Crippen LogP contribution in [0.3, 0.4) is 0 Å². The number of para-hydroxylation sites is 1. The Morgan fingerprint density at radius 1 is 1.00 bits per heavy atom. The molecule has 0 spiro atoms. The maximum absolute atomic E-state index is 12.7. The lowest BCUT2D eigenvalue weighted by molar-refractivity contribution is 0.0906. The van der Waals surface area contributed by atoms with Gasteiger partial charge >= 0.3 is 0 Å². The van der Waals surface area contributed by atoms with Crippen LogP contribution in [0.1, 0.15) is 28.8 Å². The third-order valence-corrected chi connectivity index (χ3v) is 6.77. The van der Waals surface area contributed by atoms with Gasteiger partial charge in [-0.3, -0.25) is 9.69 Å². The molecule has 4 rings (SSSR count). The molecule has 0 aromatic heterocycles. The van der Waals surface area contributed by atoms with Crippen molar-refractivity contribution in [3.8, 4) is 16.9 Å². The number of benzene rings is 3. The van der Waals surface area contributed by atoms with Gasteiger partial charge in [-0.25, -0.2) is 0 Å². The number of carbonyl (C=O) groups excluding carboxylic acids is 1. The molecule has 3 aromatic carbocycles. The van der Waals surface area contributed by atoms with Crippen molar-refractivity contribution < 1.29 is 9.53 Å². The lowest BCUT2D eigenvalue weighted by atomic mass is 10.0. The fourth-order valence-corrected chi connectivity index (χ4v) is 4.63. The number of thioether (sulfide) groups is 1. The van der Waals surface area contributed by atoms with E-state index in [0.717, 1.165) is 32.5 Å². The zero-order valence-electron chi connectivity index (χ0n) is 18.7. The Labute approximate surface area is 195 Å². The van der Waals surface area contributed by atoms with Gasteiger partial charge in [-0.2, -0.15) is 0 Å². The topological polar surface area (TPSA) is 41.6 Å². The fourth-order valence-electron chi connectivity index (χ4n) is 4.22. The van der Waals surface area contributed by atoms with E-state index in [9.17, 15) is 4.79 Å². The largest absolute Gasteiger partial charge is 0.496 e. The molecule has 166 valence electrons. The fraction of sp³-hybridized carbons (Fsp3) is 0.296. The van der Waals surface area contributed by atoms with Gasteiger partial charge in [0.25, 0.3) is 5.91 Å². The molecule has 1 heterocycles. The second-order valence-electron chi connectivity index (χ2n) is 8.15. The predicted molar refractivity (Wildman–Crippen MR) is 132 cm³/mol. The van der Waals surface area contributed by atoms with Crippen molar-refractivity contribution in [2.75, 3.05) is 26.5 Å². The summed E-state index contributed by atoms with van der Waals surface area (Å²) < 4.78 is 5.32. The van der Waals surface area contributed by atoms with Gasteiger partial charge in [0.15, 0.2) is 0 Å². The smallest absolute Gasteiger partial charge is 0.255 e. The third kappa shape index (κ3) is 5.53. The van der Waals surface area contributed by atoms with Crippen molar-refractivity contribution in [3.05, 3.63) is 83.9 Å². The molecule has 0 atom stereocenters. The van der Waals surface area contributed by atoms with Gasteiger partial charge in [-0.1, -0.05) is 42.5 Å². The zero-order chi connectivity index (χ0) is 22.3. The van der Waals surface area contributed by atoms with E-state index in [1.54, 1.807) is 18.9 Å². The molecule has 0 bridgehead atoms. The van der Waals surface area contributed by atoms with Crippen LogP contribution in [0.2, 0.25) is 0 Å². The number of ether oxygens (including phenoxy) is 1. The molecule has 1 N–H and O–H groups in total. The van der Waals surface area contributed by atoms with E-state index in [0.29, 0.717) is 11.3 Å². The van der Waals surface area contributed by atoms with Gasteiger partial charge in [-0.15, -0.1) is 11.8 Å². The summed E-state index contributed by atoms with van der Waals surface area (Å²) in [5, 5.41) is 3.19. The van der Waals surface area contributed by atoms with E-state index in [1.807, 2.05) is 24.3 Å².